The maximum Gasteiger partial charge on any atom is 0.0621 e. The van der Waals surface area contributed by atoms with Crippen molar-refractivity contribution in [1.82, 2.24) is 0 Å². The van der Waals surface area contributed by atoms with Gasteiger partial charge in [-0.2, -0.15) is 0 Å². The summed E-state index contributed by atoms with van der Waals surface area (Å²) in [4.78, 5) is 0. The van der Waals surface area contributed by atoms with Crippen molar-refractivity contribution in [3.05, 3.63) is 70.8 Å². The van der Waals surface area contributed by atoms with Crippen LogP contribution in [0.1, 0.15) is 35.1 Å². The van der Waals surface area contributed by atoms with Crippen molar-refractivity contribution in [3.8, 4) is 0 Å². The summed E-state index contributed by atoms with van der Waals surface area (Å²) in [6.45, 7) is 1.86. The van der Waals surface area contributed by atoms with Gasteiger partial charge in [0.1, 0.15) is 0 Å². The summed E-state index contributed by atoms with van der Waals surface area (Å²) >= 11 is 0. The molecule has 0 aliphatic heterocycles. The highest BCUT2D eigenvalue weighted by molar-refractivity contribution is 5.76. The summed E-state index contributed by atoms with van der Waals surface area (Å²) in [5.74, 6) is 0.0485. The minimum Gasteiger partial charge on any atom is -0.392 e. The SMILES string of the molecule is CC(O)C1c2ccccc2C=Cc2ccccc21. The number of aliphatic hydroxyl groups excluding tert-OH is 1. The van der Waals surface area contributed by atoms with Crippen molar-refractivity contribution < 1.29 is 5.11 Å². The molecular formula is C17H16O. The van der Waals surface area contributed by atoms with E-state index in [1.165, 1.54) is 22.3 Å². The van der Waals surface area contributed by atoms with Gasteiger partial charge in [0.05, 0.1) is 6.10 Å². The molecule has 1 nitrogen and oxygen atoms in total. The summed E-state index contributed by atoms with van der Waals surface area (Å²) in [5.41, 5.74) is 4.79. The molecule has 90 valence electrons. The third-order valence-electron chi connectivity index (χ3n) is 3.59. The Kier molecular flexibility index (Phi) is 2.77. The maximum absolute atomic E-state index is 10.2. The lowest BCUT2D eigenvalue weighted by molar-refractivity contribution is 0.176. The second-order valence-electron chi connectivity index (χ2n) is 4.81. The average molecular weight is 236 g/mol. The Hall–Kier alpha value is -1.86. The van der Waals surface area contributed by atoms with E-state index < -0.39 is 6.10 Å². The number of hydrogen-bond donors (Lipinski definition) is 1. The van der Waals surface area contributed by atoms with Gasteiger partial charge in [0.25, 0.3) is 0 Å². The molecule has 0 saturated carbocycles. The third kappa shape index (κ3) is 1.77. The first kappa shape index (κ1) is 11.2. The summed E-state index contributed by atoms with van der Waals surface area (Å²) in [7, 11) is 0. The van der Waals surface area contributed by atoms with Crippen LogP contribution in [0, 0.1) is 0 Å². The van der Waals surface area contributed by atoms with Gasteiger partial charge in [-0.15, -0.1) is 0 Å². The molecule has 0 spiro atoms. The number of hydrogen-bond acceptors (Lipinski definition) is 1. The Balaban J connectivity index is 2.27. The highest BCUT2D eigenvalue weighted by Gasteiger charge is 2.24. The Morgan fingerprint density at radius 3 is 1.72 bits per heavy atom. The predicted molar refractivity (Wildman–Crippen MR) is 75.3 cm³/mol. The van der Waals surface area contributed by atoms with E-state index in [9.17, 15) is 5.11 Å². The lowest BCUT2D eigenvalue weighted by Gasteiger charge is -2.23. The molecular weight excluding hydrogens is 220 g/mol. The molecule has 0 heterocycles. The van der Waals surface area contributed by atoms with Crippen LogP contribution in [0.15, 0.2) is 48.5 Å². The van der Waals surface area contributed by atoms with Crippen molar-refractivity contribution in [3.63, 3.8) is 0 Å². The lowest BCUT2D eigenvalue weighted by atomic mass is 9.84. The zero-order valence-electron chi connectivity index (χ0n) is 10.4. The largest absolute Gasteiger partial charge is 0.392 e. The standard InChI is InChI=1S/C17H16O/c1-12(18)17-15-8-4-2-6-13(15)10-11-14-7-3-5-9-16(14)17/h2-12,17-18H,1H3. The van der Waals surface area contributed by atoms with E-state index in [4.69, 9.17) is 0 Å². The highest BCUT2D eigenvalue weighted by atomic mass is 16.3. The Bertz CT molecular complexity index is 547. The van der Waals surface area contributed by atoms with E-state index in [0.29, 0.717) is 0 Å². The molecule has 1 aliphatic carbocycles. The quantitative estimate of drug-likeness (QED) is 0.800. The first-order valence-electron chi connectivity index (χ1n) is 6.31. The van der Waals surface area contributed by atoms with E-state index in [1.54, 1.807) is 0 Å². The number of rotatable bonds is 1. The van der Waals surface area contributed by atoms with Gasteiger partial charge in [0.15, 0.2) is 0 Å². The Morgan fingerprint density at radius 2 is 1.28 bits per heavy atom. The molecule has 1 N–H and O–H groups in total. The van der Waals surface area contributed by atoms with E-state index in [0.717, 1.165) is 0 Å². The van der Waals surface area contributed by atoms with Crippen molar-refractivity contribution in [2.45, 2.75) is 18.9 Å². The lowest BCUT2D eigenvalue weighted by Crippen LogP contribution is -2.17. The van der Waals surface area contributed by atoms with Crippen LogP contribution < -0.4 is 0 Å². The minimum absolute atomic E-state index is 0.0485. The van der Waals surface area contributed by atoms with E-state index in [1.807, 2.05) is 31.2 Å². The van der Waals surface area contributed by atoms with Crippen molar-refractivity contribution in [1.29, 1.82) is 0 Å². The zero-order valence-corrected chi connectivity index (χ0v) is 10.4. The first-order chi connectivity index (χ1) is 8.77. The van der Waals surface area contributed by atoms with Crippen LogP contribution in [0.4, 0.5) is 0 Å². The van der Waals surface area contributed by atoms with Gasteiger partial charge >= 0.3 is 0 Å². The molecule has 18 heavy (non-hydrogen) atoms. The minimum atomic E-state index is -0.396. The molecule has 2 aromatic rings. The average Bonchev–Trinajstić information content (AvgIpc) is 2.55. The van der Waals surface area contributed by atoms with Crippen LogP contribution in [0.3, 0.4) is 0 Å². The maximum atomic E-state index is 10.2. The molecule has 0 amide bonds. The third-order valence-corrected chi connectivity index (χ3v) is 3.59. The van der Waals surface area contributed by atoms with Crippen LogP contribution in [-0.2, 0) is 0 Å². The summed E-state index contributed by atoms with van der Waals surface area (Å²) in [6.07, 6.45) is 3.87. The molecule has 1 aliphatic rings. The first-order valence-corrected chi connectivity index (χ1v) is 6.31. The number of fused-ring (bicyclic) bond motifs is 2. The van der Waals surface area contributed by atoms with E-state index >= 15 is 0 Å². The molecule has 0 fully saturated rings. The number of benzene rings is 2. The van der Waals surface area contributed by atoms with E-state index in [2.05, 4.69) is 36.4 Å². The molecule has 0 saturated heterocycles. The molecule has 1 heteroatoms. The normalized spacial score (nSPS) is 15.7. The fourth-order valence-electron chi connectivity index (χ4n) is 2.76. The Labute approximate surface area is 107 Å². The molecule has 0 bridgehead atoms. The number of aliphatic hydroxyl groups is 1. The fraction of sp³-hybridized carbons (Fsp3) is 0.176. The summed E-state index contributed by atoms with van der Waals surface area (Å²) < 4.78 is 0. The highest BCUT2D eigenvalue weighted by Crippen LogP contribution is 2.36. The van der Waals surface area contributed by atoms with Crippen LogP contribution in [0.5, 0.6) is 0 Å². The molecule has 2 aromatic carbocycles. The molecule has 0 radical (unpaired) electrons. The van der Waals surface area contributed by atoms with Crippen LogP contribution in [-0.4, -0.2) is 11.2 Å². The smallest absolute Gasteiger partial charge is 0.0621 e. The molecule has 3 rings (SSSR count). The van der Waals surface area contributed by atoms with E-state index in [-0.39, 0.29) is 5.92 Å². The Morgan fingerprint density at radius 1 is 0.833 bits per heavy atom. The topological polar surface area (TPSA) is 20.2 Å². The predicted octanol–water partition coefficient (Wildman–Crippen LogP) is 3.68. The zero-order chi connectivity index (χ0) is 12.5. The molecule has 1 unspecified atom stereocenters. The molecule has 0 aromatic heterocycles. The van der Waals surface area contributed by atoms with Gasteiger partial charge in [-0.3, -0.25) is 0 Å². The second-order valence-corrected chi connectivity index (χ2v) is 4.81. The van der Waals surface area contributed by atoms with Gasteiger partial charge in [-0.1, -0.05) is 60.7 Å². The van der Waals surface area contributed by atoms with Crippen LogP contribution in [0.2, 0.25) is 0 Å². The van der Waals surface area contributed by atoms with Gasteiger partial charge in [-0.05, 0) is 29.2 Å². The monoisotopic (exact) mass is 236 g/mol. The summed E-state index contributed by atoms with van der Waals surface area (Å²) in [6, 6.07) is 16.6. The van der Waals surface area contributed by atoms with Crippen molar-refractivity contribution in [2.24, 2.45) is 0 Å². The van der Waals surface area contributed by atoms with Gasteiger partial charge in [0, 0.05) is 5.92 Å². The molecule has 1 atom stereocenters. The van der Waals surface area contributed by atoms with Gasteiger partial charge in [-0.25, -0.2) is 0 Å². The van der Waals surface area contributed by atoms with Crippen LogP contribution in [0.25, 0.3) is 12.2 Å². The van der Waals surface area contributed by atoms with Crippen molar-refractivity contribution in [2.75, 3.05) is 0 Å². The fourth-order valence-corrected chi connectivity index (χ4v) is 2.76. The van der Waals surface area contributed by atoms with Gasteiger partial charge in [0.2, 0.25) is 0 Å². The van der Waals surface area contributed by atoms with Gasteiger partial charge < -0.3 is 5.11 Å². The van der Waals surface area contributed by atoms with Crippen molar-refractivity contribution >= 4 is 12.2 Å². The van der Waals surface area contributed by atoms with Crippen LogP contribution >= 0.6 is 0 Å². The summed E-state index contributed by atoms with van der Waals surface area (Å²) in [5, 5.41) is 10.2. The second kappa shape index (κ2) is 4.43.